The maximum absolute atomic E-state index is 12.5. The lowest BCUT2D eigenvalue weighted by molar-refractivity contribution is 0.0937. The molecule has 0 radical (unpaired) electrons. The Labute approximate surface area is 177 Å². The SMILES string of the molecule is CCC(C)NC(=O)c1cccc(CNC(=O)c2ccc(CN3CCCCC3)s2)c1. The first-order chi connectivity index (χ1) is 14.0. The summed E-state index contributed by atoms with van der Waals surface area (Å²) >= 11 is 1.57. The van der Waals surface area contributed by atoms with E-state index in [0.717, 1.165) is 36.5 Å². The van der Waals surface area contributed by atoms with Crippen LogP contribution in [0.25, 0.3) is 0 Å². The molecule has 29 heavy (non-hydrogen) atoms. The molecule has 2 N–H and O–H groups in total. The number of nitrogens with one attached hydrogen (secondary N) is 2. The van der Waals surface area contributed by atoms with E-state index in [9.17, 15) is 9.59 Å². The van der Waals surface area contributed by atoms with Gasteiger partial charge in [-0.2, -0.15) is 0 Å². The van der Waals surface area contributed by atoms with Crippen LogP contribution in [0.3, 0.4) is 0 Å². The number of piperidine rings is 1. The average molecular weight is 414 g/mol. The quantitative estimate of drug-likeness (QED) is 0.682. The lowest BCUT2D eigenvalue weighted by Gasteiger charge is -2.25. The number of hydrogen-bond acceptors (Lipinski definition) is 4. The van der Waals surface area contributed by atoms with Crippen molar-refractivity contribution >= 4 is 23.2 Å². The van der Waals surface area contributed by atoms with Gasteiger partial charge in [-0.25, -0.2) is 0 Å². The highest BCUT2D eigenvalue weighted by Gasteiger charge is 2.14. The molecule has 2 aromatic rings. The first kappa shape index (κ1) is 21.5. The van der Waals surface area contributed by atoms with E-state index in [-0.39, 0.29) is 17.9 Å². The monoisotopic (exact) mass is 413 g/mol. The molecule has 5 nitrogen and oxygen atoms in total. The van der Waals surface area contributed by atoms with Gasteiger partial charge in [0.15, 0.2) is 0 Å². The van der Waals surface area contributed by atoms with Gasteiger partial charge in [-0.1, -0.05) is 25.5 Å². The molecule has 1 aliphatic heterocycles. The summed E-state index contributed by atoms with van der Waals surface area (Å²) in [4.78, 5) is 29.3. The number of amides is 2. The molecule has 1 saturated heterocycles. The first-order valence-electron chi connectivity index (χ1n) is 10.5. The molecular weight excluding hydrogens is 382 g/mol. The standard InChI is InChI=1S/C23H31N3O2S/c1-3-17(2)25-22(27)19-9-7-8-18(14-19)15-24-23(28)21-11-10-20(29-21)16-26-12-5-4-6-13-26/h7-11,14,17H,3-6,12-13,15-16H2,1-2H3,(H,24,28)(H,25,27). The average Bonchev–Trinajstić information content (AvgIpc) is 3.21. The Bertz CT molecular complexity index is 827. The van der Waals surface area contributed by atoms with E-state index in [1.54, 1.807) is 17.4 Å². The molecule has 1 atom stereocenters. The van der Waals surface area contributed by atoms with Gasteiger partial charge in [-0.05, 0) is 69.1 Å². The van der Waals surface area contributed by atoms with Crippen LogP contribution in [-0.2, 0) is 13.1 Å². The van der Waals surface area contributed by atoms with Gasteiger partial charge in [0.2, 0.25) is 0 Å². The minimum atomic E-state index is -0.0758. The highest BCUT2D eigenvalue weighted by Crippen LogP contribution is 2.20. The number of hydrogen-bond donors (Lipinski definition) is 2. The summed E-state index contributed by atoms with van der Waals surface area (Å²) in [5.74, 6) is -0.137. The minimum Gasteiger partial charge on any atom is -0.350 e. The first-order valence-corrected chi connectivity index (χ1v) is 11.4. The Hall–Kier alpha value is -2.18. The van der Waals surface area contributed by atoms with Crippen molar-refractivity contribution < 1.29 is 9.59 Å². The van der Waals surface area contributed by atoms with Crippen molar-refractivity contribution in [3.05, 3.63) is 57.3 Å². The Morgan fingerprint density at radius 1 is 1.10 bits per heavy atom. The van der Waals surface area contributed by atoms with E-state index >= 15 is 0 Å². The summed E-state index contributed by atoms with van der Waals surface area (Å²) in [6, 6.07) is 11.5. The smallest absolute Gasteiger partial charge is 0.261 e. The van der Waals surface area contributed by atoms with Gasteiger partial charge in [0.05, 0.1) is 4.88 Å². The van der Waals surface area contributed by atoms with Crippen LogP contribution in [0.5, 0.6) is 0 Å². The fourth-order valence-electron chi connectivity index (χ4n) is 3.42. The Kier molecular flexibility index (Phi) is 7.83. The summed E-state index contributed by atoms with van der Waals surface area (Å²) < 4.78 is 0. The molecule has 1 unspecified atom stereocenters. The van der Waals surface area contributed by atoms with E-state index < -0.39 is 0 Å². The molecule has 0 aliphatic carbocycles. The molecule has 2 heterocycles. The molecule has 1 aromatic carbocycles. The lowest BCUT2D eigenvalue weighted by Crippen LogP contribution is -2.32. The second-order valence-electron chi connectivity index (χ2n) is 7.77. The fraction of sp³-hybridized carbons (Fsp3) is 0.478. The summed E-state index contributed by atoms with van der Waals surface area (Å²) in [5, 5.41) is 5.95. The molecule has 3 rings (SSSR count). The molecule has 0 bridgehead atoms. The van der Waals surface area contributed by atoms with Crippen LogP contribution < -0.4 is 10.6 Å². The van der Waals surface area contributed by atoms with Crippen molar-refractivity contribution in [1.29, 1.82) is 0 Å². The van der Waals surface area contributed by atoms with Crippen LogP contribution in [0.2, 0.25) is 0 Å². The molecule has 1 aliphatic rings. The zero-order valence-corrected chi connectivity index (χ0v) is 18.2. The third kappa shape index (κ3) is 6.41. The lowest BCUT2D eigenvalue weighted by atomic mass is 10.1. The summed E-state index contributed by atoms with van der Waals surface area (Å²) in [7, 11) is 0. The number of carbonyl (C=O) groups excluding carboxylic acids is 2. The van der Waals surface area contributed by atoms with Gasteiger partial charge >= 0.3 is 0 Å². The van der Waals surface area contributed by atoms with Gasteiger partial charge in [-0.15, -0.1) is 11.3 Å². The largest absolute Gasteiger partial charge is 0.350 e. The zero-order chi connectivity index (χ0) is 20.6. The normalized spacial score (nSPS) is 15.7. The Morgan fingerprint density at radius 3 is 2.66 bits per heavy atom. The molecular formula is C23H31N3O2S. The van der Waals surface area contributed by atoms with Crippen LogP contribution in [0.15, 0.2) is 36.4 Å². The number of carbonyl (C=O) groups is 2. The third-order valence-electron chi connectivity index (χ3n) is 5.35. The van der Waals surface area contributed by atoms with Crippen molar-refractivity contribution in [2.75, 3.05) is 13.1 Å². The van der Waals surface area contributed by atoms with Crippen LogP contribution >= 0.6 is 11.3 Å². The van der Waals surface area contributed by atoms with Crippen LogP contribution in [0, 0.1) is 0 Å². The topological polar surface area (TPSA) is 61.4 Å². The van der Waals surface area contributed by atoms with Crippen molar-refractivity contribution in [2.45, 2.75) is 58.7 Å². The van der Waals surface area contributed by atoms with Gasteiger partial charge in [-0.3, -0.25) is 14.5 Å². The molecule has 0 spiro atoms. The predicted molar refractivity (Wildman–Crippen MR) is 118 cm³/mol. The highest BCUT2D eigenvalue weighted by molar-refractivity contribution is 7.14. The number of benzene rings is 1. The maximum Gasteiger partial charge on any atom is 0.261 e. The number of nitrogens with zero attached hydrogens (tertiary/aromatic N) is 1. The van der Waals surface area contributed by atoms with Gasteiger partial charge in [0, 0.05) is 29.6 Å². The van der Waals surface area contributed by atoms with E-state index in [1.165, 1.54) is 24.1 Å². The van der Waals surface area contributed by atoms with Gasteiger partial charge in [0.1, 0.15) is 0 Å². The van der Waals surface area contributed by atoms with Gasteiger partial charge < -0.3 is 10.6 Å². The summed E-state index contributed by atoms with van der Waals surface area (Å²) in [5.41, 5.74) is 1.54. The zero-order valence-electron chi connectivity index (χ0n) is 17.4. The molecule has 6 heteroatoms. The van der Waals surface area contributed by atoms with E-state index in [1.807, 2.05) is 38.1 Å². The van der Waals surface area contributed by atoms with E-state index in [2.05, 4.69) is 21.6 Å². The van der Waals surface area contributed by atoms with Crippen molar-refractivity contribution in [3.8, 4) is 0 Å². The third-order valence-corrected chi connectivity index (χ3v) is 6.41. The summed E-state index contributed by atoms with van der Waals surface area (Å²) in [6.45, 7) is 7.68. The summed E-state index contributed by atoms with van der Waals surface area (Å²) in [6.07, 6.45) is 4.76. The highest BCUT2D eigenvalue weighted by atomic mass is 32.1. The molecule has 156 valence electrons. The second kappa shape index (κ2) is 10.6. The molecule has 0 saturated carbocycles. The van der Waals surface area contributed by atoms with E-state index in [4.69, 9.17) is 0 Å². The Morgan fingerprint density at radius 2 is 1.90 bits per heavy atom. The van der Waals surface area contributed by atoms with Crippen molar-refractivity contribution in [3.63, 3.8) is 0 Å². The van der Waals surface area contributed by atoms with Crippen molar-refractivity contribution in [1.82, 2.24) is 15.5 Å². The Balaban J connectivity index is 1.53. The number of likely N-dealkylation sites (tertiary alicyclic amines) is 1. The van der Waals surface area contributed by atoms with Crippen molar-refractivity contribution in [2.24, 2.45) is 0 Å². The fourth-order valence-corrected chi connectivity index (χ4v) is 4.39. The number of rotatable bonds is 8. The van der Waals surface area contributed by atoms with E-state index in [0.29, 0.717) is 12.1 Å². The number of thiophene rings is 1. The molecule has 1 aromatic heterocycles. The van der Waals surface area contributed by atoms with Crippen LogP contribution in [0.4, 0.5) is 0 Å². The maximum atomic E-state index is 12.5. The van der Waals surface area contributed by atoms with Crippen LogP contribution in [0.1, 0.15) is 70.0 Å². The minimum absolute atomic E-state index is 0.0608. The predicted octanol–water partition coefficient (Wildman–Crippen LogP) is 4.19. The van der Waals surface area contributed by atoms with Gasteiger partial charge in [0.25, 0.3) is 11.8 Å². The molecule has 2 amide bonds. The molecule has 1 fully saturated rings. The second-order valence-corrected chi connectivity index (χ2v) is 8.94. The van der Waals surface area contributed by atoms with Crippen LogP contribution in [-0.4, -0.2) is 35.8 Å².